The summed E-state index contributed by atoms with van der Waals surface area (Å²) in [5.41, 5.74) is 1.43. The Morgan fingerprint density at radius 2 is 2.42 bits per heavy atom. The Kier molecular flexibility index (Phi) is 4.74. The summed E-state index contributed by atoms with van der Waals surface area (Å²) in [6.07, 6.45) is 5.23. The van der Waals surface area contributed by atoms with E-state index in [4.69, 9.17) is 4.74 Å². The molecule has 0 bridgehead atoms. The quantitative estimate of drug-likeness (QED) is 0.869. The maximum atomic E-state index is 12.3. The molecule has 1 saturated heterocycles. The van der Waals surface area contributed by atoms with Crippen LogP contribution < -0.4 is 10.6 Å². The Morgan fingerprint density at radius 1 is 1.58 bits per heavy atom. The average Bonchev–Trinajstić information content (AvgIpc) is 2.39. The highest BCUT2D eigenvalue weighted by Gasteiger charge is 2.22. The van der Waals surface area contributed by atoms with Gasteiger partial charge in [0, 0.05) is 31.6 Å². The standard InChI is InChI=1S/C14H21N3O2/c1-3-16-13-4-6-15-9-12(13)14(18)17-11-5-7-19-10(2)8-11/h4,6,9-11H,3,5,7-8H2,1-2H3,(H,15,16)(H,17,18). The predicted molar refractivity (Wildman–Crippen MR) is 74.3 cm³/mol. The first-order chi connectivity index (χ1) is 9.20. The van der Waals surface area contributed by atoms with Crippen LogP contribution in [0.1, 0.15) is 37.0 Å². The summed E-state index contributed by atoms with van der Waals surface area (Å²) in [5.74, 6) is -0.0665. The van der Waals surface area contributed by atoms with Crippen molar-refractivity contribution in [2.45, 2.75) is 38.8 Å². The Bertz CT molecular complexity index is 436. The van der Waals surface area contributed by atoms with Gasteiger partial charge in [-0.05, 0) is 32.8 Å². The minimum atomic E-state index is -0.0665. The number of pyridine rings is 1. The first kappa shape index (κ1) is 13.8. The van der Waals surface area contributed by atoms with Gasteiger partial charge in [0.15, 0.2) is 0 Å². The van der Waals surface area contributed by atoms with Crippen molar-refractivity contribution in [2.24, 2.45) is 0 Å². The number of aromatic nitrogens is 1. The molecule has 0 aliphatic carbocycles. The van der Waals surface area contributed by atoms with E-state index in [0.717, 1.165) is 25.1 Å². The third-order valence-electron chi connectivity index (χ3n) is 3.25. The number of hydrogen-bond acceptors (Lipinski definition) is 4. The molecule has 0 spiro atoms. The first-order valence-electron chi connectivity index (χ1n) is 6.81. The van der Waals surface area contributed by atoms with Crippen LogP contribution in [-0.2, 0) is 4.74 Å². The van der Waals surface area contributed by atoms with E-state index >= 15 is 0 Å². The van der Waals surface area contributed by atoms with Crippen LogP contribution >= 0.6 is 0 Å². The molecule has 2 unspecified atom stereocenters. The Labute approximate surface area is 113 Å². The molecule has 1 amide bonds. The van der Waals surface area contributed by atoms with Gasteiger partial charge in [-0.2, -0.15) is 0 Å². The summed E-state index contributed by atoms with van der Waals surface area (Å²) in [7, 11) is 0. The van der Waals surface area contributed by atoms with Gasteiger partial charge in [-0.25, -0.2) is 0 Å². The lowest BCUT2D eigenvalue weighted by atomic mass is 10.0. The second-order valence-electron chi connectivity index (χ2n) is 4.83. The third-order valence-corrected chi connectivity index (χ3v) is 3.25. The number of nitrogens with one attached hydrogen (secondary N) is 2. The molecule has 1 fully saturated rings. The highest BCUT2D eigenvalue weighted by Crippen LogP contribution is 2.16. The Morgan fingerprint density at radius 3 is 3.16 bits per heavy atom. The van der Waals surface area contributed by atoms with Gasteiger partial charge in [0.2, 0.25) is 0 Å². The lowest BCUT2D eigenvalue weighted by Crippen LogP contribution is -2.41. The van der Waals surface area contributed by atoms with E-state index in [-0.39, 0.29) is 18.1 Å². The minimum absolute atomic E-state index is 0.0665. The van der Waals surface area contributed by atoms with Gasteiger partial charge in [-0.3, -0.25) is 9.78 Å². The molecule has 5 heteroatoms. The zero-order valence-corrected chi connectivity index (χ0v) is 11.5. The van der Waals surface area contributed by atoms with Crippen LogP contribution in [-0.4, -0.2) is 36.2 Å². The monoisotopic (exact) mass is 263 g/mol. The van der Waals surface area contributed by atoms with Crippen LogP contribution in [0, 0.1) is 0 Å². The van der Waals surface area contributed by atoms with E-state index in [1.165, 1.54) is 0 Å². The number of hydrogen-bond donors (Lipinski definition) is 2. The average molecular weight is 263 g/mol. The van der Waals surface area contributed by atoms with Crippen LogP contribution in [0.15, 0.2) is 18.5 Å². The van der Waals surface area contributed by atoms with E-state index in [0.29, 0.717) is 12.2 Å². The molecule has 2 N–H and O–H groups in total. The molecule has 104 valence electrons. The topological polar surface area (TPSA) is 63.2 Å². The van der Waals surface area contributed by atoms with E-state index in [1.54, 1.807) is 12.4 Å². The fourth-order valence-corrected chi connectivity index (χ4v) is 2.31. The van der Waals surface area contributed by atoms with Crippen molar-refractivity contribution in [3.8, 4) is 0 Å². The molecule has 19 heavy (non-hydrogen) atoms. The van der Waals surface area contributed by atoms with Crippen LogP contribution in [0.2, 0.25) is 0 Å². The number of amides is 1. The SMILES string of the molecule is CCNc1ccncc1C(=O)NC1CCOC(C)C1. The fraction of sp³-hybridized carbons (Fsp3) is 0.571. The van der Waals surface area contributed by atoms with Crippen molar-refractivity contribution in [2.75, 3.05) is 18.5 Å². The van der Waals surface area contributed by atoms with E-state index in [9.17, 15) is 4.79 Å². The predicted octanol–water partition coefficient (Wildman–Crippen LogP) is 1.81. The molecule has 2 rings (SSSR count). The van der Waals surface area contributed by atoms with Crippen molar-refractivity contribution >= 4 is 11.6 Å². The zero-order valence-electron chi connectivity index (χ0n) is 11.5. The smallest absolute Gasteiger partial charge is 0.255 e. The van der Waals surface area contributed by atoms with Crippen LogP contribution in [0.4, 0.5) is 5.69 Å². The van der Waals surface area contributed by atoms with E-state index in [1.807, 2.05) is 19.9 Å². The molecule has 0 radical (unpaired) electrons. The summed E-state index contributed by atoms with van der Waals surface area (Å²) < 4.78 is 5.48. The molecule has 1 aliphatic heterocycles. The summed E-state index contributed by atoms with van der Waals surface area (Å²) in [6.45, 7) is 5.52. The second kappa shape index (κ2) is 6.52. The zero-order chi connectivity index (χ0) is 13.7. The molecule has 2 atom stereocenters. The number of rotatable bonds is 4. The van der Waals surface area contributed by atoms with Crippen molar-refractivity contribution in [3.05, 3.63) is 24.0 Å². The molecule has 2 heterocycles. The normalized spacial score (nSPS) is 22.8. The molecule has 1 aliphatic rings. The molecular formula is C14H21N3O2. The van der Waals surface area contributed by atoms with Gasteiger partial charge in [0.1, 0.15) is 0 Å². The largest absolute Gasteiger partial charge is 0.385 e. The van der Waals surface area contributed by atoms with Gasteiger partial charge in [0.05, 0.1) is 17.4 Å². The molecule has 1 aromatic rings. The van der Waals surface area contributed by atoms with E-state index in [2.05, 4.69) is 15.6 Å². The molecule has 5 nitrogen and oxygen atoms in total. The number of anilines is 1. The lowest BCUT2D eigenvalue weighted by Gasteiger charge is -2.28. The number of nitrogens with zero attached hydrogens (tertiary/aromatic N) is 1. The summed E-state index contributed by atoms with van der Waals surface area (Å²) in [6, 6.07) is 2.01. The Hall–Kier alpha value is -1.62. The number of carbonyl (C=O) groups is 1. The molecule has 0 aromatic carbocycles. The van der Waals surface area contributed by atoms with Crippen LogP contribution in [0.3, 0.4) is 0 Å². The van der Waals surface area contributed by atoms with Crippen molar-refractivity contribution in [1.82, 2.24) is 10.3 Å². The van der Waals surface area contributed by atoms with Crippen LogP contribution in [0.25, 0.3) is 0 Å². The molecule has 0 saturated carbocycles. The molecular weight excluding hydrogens is 242 g/mol. The summed E-state index contributed by atoms with van der Waals surface area (Å²) in [5, 5.41) is 6.24. The Balaban J connectivity index is 2.03. The lowest BCUT2D eigenvalue weighted by molar-refractivity contribution is 0.0136. The van der Waals surface area contributed by atoms with Gasteiger partial charge in [-0.15, -0.1) is 0 Å². The first-order valence-corrected chi connectivity index (χ1v) is 6.81. The van der Waals surface area contributed by atoms with Gasteiger partial charge < -0.3 is 15.4 Å². The highest BCUT2D eigenvalue weighted by atomic mass is 16.5. The van der Waals surface area contributed by atoms with Crippen molar-refractivity contribution in [3.63, 3.8) is 0 Å². The minimum Gasteiger partial charge on any atom is -0.385 e. The number of carbonyl (C=O) groups excluding carboxylic acids is 1. The number of ether oxygens (including phenoxy) is 1. The summed E-state index contributed by atoms with van der Waals surface area (Å²) in [4.78, 5) is 16.3. The summed E-state index contributed by atoms with van der Waals surface area (Å²) >= 11 is 0. The van der Waals surface area contributed by atoms with Crippen molar-refractivity contribution < 1.29 is 9.53 Å². The highest BCUT2D eigenvalue weighted by molar-refractivity contribution is 5.99. The van der Waals surface area contributed by atoms with E-state index < -0.39 is 0 Å². The second-order valence-corrected chi connectivity index (χ2v) is 4.83. The van der Waals surface area contributed by atoms with Gasteiger partial charge in [-0.1, -0.05) is 0 Å². The third kappa shape index (κ3) is 3.67. The van der Waals surface area contributed by atoms with Gasteiger partial charge in [0.25, 0.3) is 5.91 Å². The maximum Gasteiger partial charge on any atom is 0.255 e. The maximum absolute atomic E-state index is 12.3. The van der Waals surface area contributed by atoms with Gasteiger partial charge >= 0.3 is 0 Å². The fourth-order valence-electron chi connectivity index (χ4n) is 2.31. The van der Waals surface area contributed by atoms with Crippen LogP contribution in [0.5, 0.6) is 0 Å². The molecule has 1 aromatic heterocycles. The van der Waals surface area contributed by atoms with Crippen molar-refractivity contribution in [1.29, 1.82) is 0 Å².